The van der Waals surface area contributed by atoms with E-state index in [0.717, 1.165) is 30.2 Å². The summed E-state index contributed by atoms with van der Waals surface area (Å²) in [4.78, 5) is 18.7. The number of hydrogen-bond donors (Lipinski definition) is 0. The number of hydrogen-bond acceptors (Lipinski definition) is 4. The number of benzene rings is 1. The fourth-order valence-electron chi connectivity index (χ4n) is 3.16. The number of carbonyl (C=O) groups excluding carboxylic acids is 1. The Morgan fingerprint density at radius 1 is 1.33 bits per heavy atom. The van der Waals surface area contributed by atoms with Crippen molar-refractivity contribution in [2.75, 3.05) is 26.8 Å². The molecule has 24 heavy (non-hydrogen) atoms. The first-order valence-electron chi connectivity index (χ1n) is 8.16. The Balaban J connectivity index is 1.59. The molecule has 2 aromatic rings. The van der Waals surface area contributed by atoms with Crippen LogP contribution in [0.25, 0.3) is 0 Å². The van der Waals surface area contributed by atoms with E-state index in [9.17, 15) is 4.79 Å². The third-order valence-corrected chi connectivity index (χ3v) is 4.32. The first-order chi connectivity index (χ1) is 11.7. The summed E-state index contributed by atoms with van der Waals surface area (Å²) < 4.78 is 13.0. The molecule has 1 amide bonds. The molecule has 128 valence electrons. The van der Waals surface area contributed by atoms with Crippen LogP contribution in [0.15, 0.2) is 36.5 Å². The number of rotatable bonds is 6. The van der Waals surface area contributed by atoms with Crippen molar-refractivity contribution in [3.05, 3.63) is 48.0 Å². The Bertz CT molecular complexity index is 684. The van der Waals surface area contributed by atoms with E-state index >= 15 is 0 Å². The minimum Gasteiger partial charge on any atom is -0.484 e. The number of aryl methyl sites for hydroxylation is 1. The molecule has 0 saturated carbocycles. The van der Waals surface area contributed by atoms with Gasteiger partial charge in [-0.15, -0.1) is 0 Å². The molecule has 0 aliphatic carbocycles. The van der Waals surface area contributed by atoms with Gasteiger partial charge in [0.05, 0.1) is 6.04 Å². The van der Waals surface area contributed by atoms with E-state index < -0.39 is 0 Å². The molecule has 0 N–H and O–H groups in total. The van der Waals surface area contributed by atoms with E-state index in [1.807, 2.05) is 48.4 Å². The zero-order chi connectivity index (χ0) is 16.9. The van der Waals surface area contributed by atoms with Gasteiger partial charge in [0.1, 0.15) is 18.2 Å². The first kappa shape index (κ1) is 16.5. The maximum atomic E-state index is 12.4. The van der Waals surface area contributed by atoms with E-state index in [1.54, 1.807) is 7.11 Å². The highest BCUT2D eigenvalue weighted by Gasteiger charge is 2.29. The number of imidazole rings is 1. The van der Waals surface area contributed by atoms with Gasteiger partial charge in [-0.1, -0.05) is 18.2 Å². The molecule has 0 spiro atoms. The van der Waals surface area contributed by atoms with E-state index in [2.05, 4.69) is 9.55 Å². The fourth-order valence-corrected chi connectivity index (χ4v) is 3.16. The largest absolute Gasteiger partial charge is 0.484 e. The lowest BCUT2D eigenvalue weighted by Gasteiger charge is -2.19. The first-order valence-corrected chi connectivity index (χ1v) is 8.16. The molecule has 1 aliphatic rings. The Morgan fingerprint density at radius 3 is 2.88 bits per heavy atom. The number of methoxy groups -OCH3 is 1. The summed E-state index contributed by atoms with van der Waals surface area (Å²) >= 11 is 0. The van der Waals surface area contributed by atoms with Crippen LogP contribution >= 0.6 is 0 Å². The quantitative estimate of drug-likeness (QED) is 0.815. The van der Waals surface area contributed by atoms with Gasteiger partial charge in [-0.2, -0.15) is 0 Å². The van der Waals surface area contributed by atoms with Gasteiger partial charge in [-0.25, -0.2) is 4.98 Å². The minimum atomic E-state index is 0.0208. The van der Waals surface area contributed by atoms with Crippen LogP contribution in [0.3, 0.4) is 0 Å². The lowest BCUT2D eigenvalue weighted by Crippen LogP contribution is -2.33. The number of para-hydroxylation sites is 1. The maximum absolute atomic E-state index is 12.4. The Labute approximate surface area is 142 Å². The molecule has 1 fully saturated rings. The van der Waals surface area contributed by atoms with E-state index in [0.29, 0.717) is 13.2 Å². The molecular formula is C18H23N3O3. The summed E-state index contributed by atoms with van der Waals surface area (Å²) in [6, 6.07) is 9.66. The monoisotopic (exact) mass is 329 g/mol. The number of ether oxygens (including phenoxy) is 2. The number of amides is 1. The van der Waals surface area contributed by atoms with Crippen LogP contribution in [0.4, 0.5) is 0 Å². The summed E-state index contributed by atoms with van der Waals surface area (Å²) in [5.74, 6) is 1.65. The van der Waals surface area contributed by atoms with Crippen LogP contribution < -0.4 is 4.74 Å². The van der Waals surface area contributed by atoms with Gasteiger partial charge in [-0.05, 0) is 25.5 Å². The third kappa shape index (κ3) is 3.59. The molecular weight excluding hydrogens is 306 g/mol. The highest BCUT2D eigenvalue weighted by molar-refractivity contribution is 5.78. The Morgan fingerprint density at radius 2 is 2.12 bits per heavy atom. The smallest absolute Gasteiger partial charge is 0.260 e. The zero-order valence-electron chi connectivity index (χ0n) is 14.1. The Kier molecular flexibility index (Phi) is 5.15. The topological polar surface area (TPSA) is 56.6 Å². The molecule has 0 radical (unpaired) electrons. The van der Waals surface area contributed by atoms with Crippen molar-refractivity contribution in [3.8, 4) is 5.75 Å². The van der Waals surface area contributed by atoms with Crippen LogP contribution in [0.1, 0.15) is 24.0 Å². The summed E-state index contributed by atoms with van der Waals surface area (Å²) in [6.07, 6.45) is 2.78. The van der Waals surface area contributed by atoms with Gasteiger partial charge in [0.2, 0.25) is 0 Å². The van der Waals surface area contributed by atoms with Crippen molar-refractivity contribution in [1.82, 2.24) is 14.5 Å². The van der Waals surface area contributed by atoms with Gasteiger partial charge in [0, 0.05) is 32.1 Å². The van der Waals surface area contributed by atoms with Gasteiger partial charge in [-0.3, -0.25) is 4.79 Å². The van der Waals surface area contributed by atoms with Gasteiger partial charge in [0.15, 0.2) is 6.61 Å². The molecule has 0 bridgehead atoms. The summed E-state index contributed by atoms with van der Waals surface area (Å²) in [5, 5.41) is 0. The lowest BCUT2D eigenvalue weighted by atomic mass is 10.2. The molecule has 1 aliphatic heterocycles. The second kappa shape index (κ2) is 7.49. The molecule has 1 saturated heterocycles. The van der Waals surface area contributed by atoms with E-state index in [1.165, 1.54) is 0 Å². The second-order valence-corrected chi connectivity index (χ2v) is 6.00. The third-order valence-electron chi connectivity index (χ3n) is 4.32. The van der Waals surface area contributed by atoms with Crippen LogP contribution in [0, 0.1) is 6.92 Å². The number of likely N-dealkylation sites (tertiary alicyclic amines) is 1. The molecule has 6 heteroatoms. The molecule has 2 heterocycles. The second-order valence-electron chi connectivity index (χ2n) is 6.00. The van der Waals surface area contributed by atoms with Gasteiger partial charge >= 0.3 is 0 Å². The maximum Gasteiger partial charge on any atom is 0.260 e. The van der Waals surface area contributed by atoms with Crippen molar-refractivity contribution in [2.24, 2.45) is 0 Å². The van der Waals surface area contributed by atoms with E-state index in [-0.39, 0.29) is 18.6 Å². The van der Waals surface area contributed by atoms with Gasteiger partial charge < -0.3 is 18.9 Å². The molecule has 1 aromatic heterocycles. The Hall–Kier alpha value is -2.34. The van der Waals surface area contributed by atoms with Gasteiger partial charge in [0.25, 0.3) is 5.91 Å². The SMILES string of the molecule is COCc1ncc(C)n1C1CCN(C(=O)COc2ccccc2)C1. The molecule has 1 atom stereocenters. The van der Waals surface area contributed by atoms with Crippen molar-refractivity contribution in [2.45, 2.75) is 26.0 Å². The standard InChI is InChI=1S/C18H23N3O3/c1-14-10-19-17(12-23-2)21(14)15-8-9-20(11-15)18(22)13-24-16-6-4-3-5-7-16/h3-7,10,15H,8-9,11-13H2,1-2H3. The highest BCUT2D eigenvalue weighted by atomic mass is 16.5. The lowest BCUT2D eigenvalue weighted by molar-refractivity contribution is -0.132. The summed E-state index contributed by atoms with van der Waals surface area (Å²) in [7, 11) is 1.67. The predicted molar refractivity (Wildman–Crippen MR) is 89.8 cm³/mol. The van der Waals surface area contributed by atoms with Crippen molar-refractivity contribution >= 4 is 5.91 Å². The molecule has 3 rings (SSSR count). The normalized spacial score (nSPS) is 17.2. The van der Waals surface area contributed by atoms with E-state index in [4.69, 9.17) is 9.47 Å². The zero-order valence-corrected chi connectivity index (χ0v) is 14.1. The summed E-state index contributed by atoms with van der Waals surface area (Å²) in [6.45, 7) is 4.02. The average molecular weight is 329 g/mol. The van der Waals surface area contributed by atoms with Crippen molar-refractivity contribution < 1.29 is 14.3 Å². The molecule has 6 nitrogen and oxygen atoms in total. The van der Waals surface area contributed by atoms with Crippen molar-refractivity contribution in [1.29, 1.82) is 0 Å². The average Bonchev–Trinajstić information content (AvgIpc) is 3.21. The minimum absolute atomic E-state index is 0.0208. The van der Waals surface area contributed by atoms with Crippen LogP contribution in [0.2, 0.25) is 0 Å². The summed E-state index contributed by atoms with van der Waals surface area (Å²) in [5.41, 5.74) is 1.10. The predicted octanol–water partition coefficient (Wildman–Crippen LogP) is 2.19. The van der Waals surface area contributed by atoms with Crippen LogP contribution in [0.5, 0.6) is 5.75 Å². The highest BCUT2D eigenvalue weighted by Crippen LogP contribution is 2.25. The molecule has 1 unspecified atom stereocenters. The fraction of sp³-hybridized carbons (Fsp3) is 0.444. The van der Waals surface area contributed by atoms with Crippen LogP contribution in [-0.4, -0.2) is 47.2 Å². The molecule has 1 aromatic carbocycles. The number of nitrogens with zero attached hydrogens (tertiary/aromatic N) is 3. The number of carbonyl (C=O) groups is 1. The van der Waals surface area contributed by atoms with Crippen molar-refractivity contribution in [3.63, 3.8) is 0 Å². The van der Waals surface area contributed by atoms with Crippen LogP contribution in [-0.2, 0) is 16.1 Å². The number of aromatic nitrogens is 2.